The van der Waals surface area contributed by atoms with Gasteiger partial charge in [0.2, 0.25) is 0 Å². The Balaban J connectivity index is 1.72. The number of hydrogen-bond donors (Lipinski definition) is 2. The quantitative estimate of drug-likeness (QED) is 0.714. The molecule has 3 N–H and O–H groups in total. The molecule has 2 saturated heterocycles. The molecule has 1 aromatic heterocycles. The fraction of sp³-hybridized carbons (Fsp3) is 0.478. The lowest BCUT2D eigenvalue weighted by Crippen LogP contribution is -2.45. The van der Waals surface area contributed by atoms with E-state index in [2.05, 4.69) is 30.4 Å². The number of carbonyl (C=O) groups is 1. The topological polar surface area (TPSA) is 109 Å². The van der Waals surface area contributed by atoms with Crippen LogP contribution in [0, 0.1) is 5.92 Å². The highest BCUT2D eigenvalue weighted by molar-refractivity contribution is 7.87. The molecule has 4 rings (SSSR count). The molecule has 8 nitrogen and oxygen atoms in total. The highest BCUT2D eigenvalue weighted by Crippen LogP contribution is 2.39. The number of nitrogens with one attached hydrogen (secondary N) is 1. The van der Waals surface area contributed by atoms with Gasteiger partial charge in [-0.25, -0.2) is 9.71 Å². The van der Waals surface area contributed by atoms with E-state index >= 15 is 0 Å². The highest BCUT2D eigenvalue weighted by Gasteiger charge is 2.41. The zero-order chi connectivity index (χ0) is 23.1. The molecule has 2 aromatic rings. The summed E-state index contributed by atoms with van der Waals surface area (Å²) in [7, 11) is -3.97. The van der Waals surface area contributed by atoms with Crippen LogP contribution in [0.15, 0.2) is 42.5 Å². The molecule has 32 heavy (non-hydrogen) atoms. The minimum atomic E-state index is -3.97. The Bertz CT molecular complexity index is 1100. The summed E-state index contributed by atoms with van der Waals surface area (Å²) in [4.78, 5) is 20.2. The van der Waals surface area contributed by atoms with Gasteiger partial charge in [-0.1, -0.05) is 37.3 Å². The zero-order valence-corrected chi connectivity index (χ0v) is 19.6. The van der Waals surface area contributed by atoms with Crippen LogP contribution < -0.4 is 15.4 Å². The van der Waals surface area contributed by atoms with E-state index in [0.29, 0.717) is 24.7 Å². The van der Waals surface area contributed by atoms with Crippen molar-refractivity contribution in [3.8, 4) is 11.3 Å². The van der Waals surface area contributed by atoms with Gasteiger partial charge in [-0.05, 0) is 44.7 Å². The third-order valence-corrected chi connectivity index (χ3v) is 8.34. The van der Waals surface area contributed by atoms with E-state index in [1.807, 2.05) is 30.3 Å². The van der Waals surface area contributed by atoms with Gasteiger partial charge < -0.3 is 10.6 Å². The van der Waals surface area contributed by atoms with Crippen molar-refractivity contribution in [3.05, 3.63) is 48.0 Å². The first-order valence-corrected chi connectivity index (χ1v) is 12.5. The summed E-state index contributed by atoms with van der Waals surface area (Å²) >= 11 is 0. The number of anilines is 1. The number of benzene rings is 1. The van der Waals surface area contributed by atoms with Crippen molar-refractivity contribution in [1.82, 2.24) is 14.0 Å². The Morgan fingerprint density at radius 3 is 2.44 bits per heavy atom. The summed E-state index contributed by atoms with van der Waals surface area (Å²) in [5.41, 5.74) is 7.55. The SMILES string of the molecule is CC1CCN(c2nc(-c3ccccc3)ccc2C(=O)NS(=O)(=O)N2CC[C@H](N)C2)C1(C)C. The largest absolute Gasteiger partial charge is 0.351 e. The lowest BCUT2D eigenvalue weighted by molar-refractivity contribution is 0.0979. The summed E-state index contributed by atoms with van der Waals surface area (Å²) in [5.74, 6) is 0.227. The standard InChI is InChI=1S/C23H31N5O3S/c1-16-11-14-28(23(16,2)3)21-19(9-10-20(25-21)17-7-5-4-6-8-17)22(29)26-32(30,31)27-13-12-18(24)15-27/h4-10,16,18H,11-15,24H2,1-3H3,(H,26,29)/t16?,18-/m0/s1. The second-order valence-corrected chi connectivity index (χ2v) is 10.9. The first kappa shape index (κ1) is 22.7. The zero-order valence-electron chi connectivity index (χ0n) is 18.8. The molecule has 3 heterocycles. The fourth-order valence-electron chi connectivity index (χ4n) is 4.42. The molecule has 2 atom stereocenters. The van der Waals surface area contributed by atoms with Gasteiger partial charge in [0.25, 0.3) is 5.91 Å². The maximum absolute atomic E-state index is 13.2. The summed E-state index contributed by atoms with van der Waals surface area (Å²) in [5, 5.41) is 0. The van der Waals surface area contributed by atoms with Gasteiger partial charge in [0.05, 0.1) is 11.3 Å². The molecule has 2 aliphatic rings. The number of aromatic nitrogens is 1. The van der Waals surface area contributed by atoms with Crippen LogP contribution in [0.2, 0.25) is 0 Å². The van der Waals surface area contributed by atoms with Crippen LogP contribution in [0.4, 0.5) is 5.82 Å². The van der Waals surface area contributed by atoms with Gasteiger partial charge in [0.1, 0.15) is 5.82 Å². The van der Waals surface area contributed by atoms with Crippen LogP contribution in [0.25, 0.3) is 11.3 Å². The average Bonchev–Trinajstić information content (AvgIpc) is 3.31. The molecule has 0 radical (unpaired) electrons. The van der Waals surface area contributed by atoms with Crippen LogP contribution in [-0.2, 0) is 10.2 Å². The second kappa shape index (κ2) is 8.46. The Kier molecular flexibility index (Phi) is 6.00. The van der Waals surface area contributed by atoms with Crippen molar-refractivity contribution in [2.75, 3.05) is 24.5 Å². The normalized spacial score (nSPS) is 23.4. The van der Waals surface area contributed by atoms with Crippen molar-refractivity contribution in [3.63, 3.8) is 0 Å². The molecule has 1 amide bonds. The Morgan fingerprint density at radius 2 is 1.84 bits per heavy atom. The van der Waals surface area contributed by atoms with E-state index in [1.54, 1.807) is 12.1 Å². The van der Waals surface area contributed by atoms with E-state index in [4.69, 9.17) is 10.7 Å². The number of nitrogens with two attached hydrogens (primary N) is 1. The van der Waals surface area contributed by atoms with E-state index in [0.717, 1.165) is 24.2 Å². The van der Waals surface area contributed by atoms with Gasteiger partial charge in [0.15, 0.2) is 0 Å². The Labute approximate surface area is 190 Å². The molecule has 9 heteroatoms. The minimum Gasteiger partial charge on any atom is -0.351 e. The molecule has 1 aromatic carbocycles. The first-order chi connectivity index (χ1) is 15.1. The number of amides is 1. The molecule has 2 aliphatic heterocycles. The van der Waals surface area contributed by atoms with E-state index in [9.17, 15) is 13.2 Å². The van der Waals surface area contributed by atoms with Crippen LogP contribution >= 0.6 is 0 Å². The molecule has 1 unspecified atom stereocenters. The van der Waals surface area contributed by atoms with Crippen molar-refractivity contribution >= 4 is 21.9 Å². The smallest absolute Gasteiger partial charge is 0.304 e. The molecule has 172 valence electrons. The monoisotopic (exact) mass is 457 g/mol. The van der Waals surface area contributed by atoms with E-state index in [-0.39, 0.29) is 23.7 Å². The minimum absolute atomic E-state index is 0.206. The van der Waals surface area contributed by atoms with Crippen LogP contribution in [0.3, 0.4) is 0 Å². The van der Waals surface area contributed by atoms with E-state index in [1.165, 1.54) is 4.31 Å². The molecular formula is C23H31N5O3S. The number of pyridine rings is 1. The highest BCUT2D eigenvalue weighted by atomic mass is 32.2. The molecule has 0 spiro atoms. The van der Waals surface area contributed by atoms with Gasteiger partial charge >= 0.3 is 10.2 Å². The maximum atomic E-state index is 13.2. The van der Waals surface area contributed by atoms with Crippen LogP contribution in [0.1, 0.15) is 44.0 Å². The molecule has 2 fully saturated rings. The van der Waals surface area contributed by atoms with Crippen LogP contribution in [0.5, 0.6) is 0 Å². The number of hydrogen-bond acceptors (Lipinski definition) is 6. The third kappa shape index (κ3) is 4.24. The van der Waals surface area contributed by atoms with Crippen molar-refractivity contribution in [1.29, 1.82) is 0 Å². The summed E-state index contributed by atoms with van der Waals surface area (Å²) in [6.45, 7) is 7.70. The van der Waals surface area contributed by atoms with Gasteiger partial charge in [-0.15, -0.1) is 0 Å². The lowest BCUT2D eigenvalue weighted by Gasteiger charge is -2.36. The van der Waals surface area contributed by atoms with Gasteiger partial charge in [-0.3, -0.25) is 4.79 Å². The van der Waals surface area contributed by atoms with Crippen molar-refractivity contribution < 1.29 is 13.2 Å². The Morgan fingerprint density at radius 1 is 1.12 bits per heavy atom. The summed E-state index contributed by atoms with van der Waals surface area (Å²) in [6.07, 6.45) is 1.54. The molecule has 0 aliphatic carbocycles. The van der Waals surface area contributed by atoms with Gasteiger partial charge in [0, 0.05) is 36.8 Å². The van der Waals surface area contributed by atoms with Gasteiger partial charge in [-0.2, -0.15) is 12.7 Å². The predicted molar refractivity (Wildman–Crippen MR) is 125 cm³/mol. The maximum Gasteiger partial charge on any atom is 0.304 e. The first-order valence-electron chi connectivity index (χ1n) is 11.0. The summed E-state index contributed by atoms with van der Waals surface area (Å²) in [6, 6.07) is 13.0. The van der Waals surface area contributed by atoms with E-state index < -0.39 is 16.1 Å². The predicted octanol–water partition coefficient (Wildman–Crippen LogP) is 2.38. The number of nitrogens with zero attached hydrogens (tertiary/aromatic N) is 3. The van der Waals surface area contributed by atoms with Crippen molar-refractivity contribution in [2.24, 2.45) is 11.7 Å². The summed E-state index contributed by atoms with van der Waals surface area (Å²) < 4.78 is 29.0. The number of rotatable bonds is 5. The molecule has 0 saturated carbocycles. The molecular weight excluding hydrogens is 426 g/mol. The third-order valence-electron chi connectivity index (χ3n) is 6.88. The molecule has 0 bridgehead atoms. The lowest BCUT2D eigenvalue weighted by atomic mass is 9.90. The van der Waals surface area contributed by atoms with Crippen molar-refractivity contribution in [2.45, 2.75) is 45.2 Å². The fourth-order valence-corrected chi connectivity index (χ4v) is 5.63. The van der Waals surface area contributed by atoms with Crippen LogP contribution in [-0.4, -0.2) is 54.8 Å². The Hall–Kier alpha value is -2.49. The number of carbonyl (C=O) groups excluding carboxylic acids is 1. The second-order valence-electron chi connectivity index (χ2n) is 9.27. The average molecular weight is 458 g/mol.